The third-order valence-corrected chi connectivity index (χ3v) is 7.27. The summed E-state index contributed by atoms with van der Waals surface area (Å²) in [6.45, 7) is 0.663. The van der Waals surface area contributed by atoms with Crippen LogP contribution in [-0.4, -0.2) is 64.8 Å². The highest BCUT2D eigenvalue weighted by atomic mass is 35.5. The van der Waals surface area contributed by atoms with E-state index in [2.05, 4.69) is 21.1 Å². The van der Waals surface area contributed by atoms with Crippen molar-refractivity contribution in [3.05, 3.63) is 82.2 Å². The van der Waals surface area contributed by atoms with Gasteiger partial charge in [-0.2, -0.15) is 23.4 Å². The van der Waals surface area contributed by atoms with Crippen LogP contribution in [0.15, 0.2) is 42.7 Å². The Morgan fingerprint density at radius 1 is 1.09 bits per heavy atom. The van der Waals surface area contributed by atoms with Crippen LogP contribution in [0.2, 0.25) is 5.02 Å². The van der Waals surface area contributed by atoms with Gasteiger partial charge in [0.15, 0.2) is 5.82 Å². The van der Waals surface area contributed by atoms with E-state index in [1.54, 1.807) is 0 Å². The van der Waals surface area contributed by atoms with Gasteiger partial charge in [0.05, 0.1) is 24.1 Å². The third-order valence-electron chi connectivity index (χ3n) is 7.04. The lowest BCUT2D eigenvalue weighted by Crippen LogP contribution is -2.53. The molecule has 9 nitrogen and oxygen atoms in total. The standard InChI is InChI=1S/C28H23ClF5N5O4/c1-3-4-17-19(30)7-14(8-20(17)31)15-10-35-38(11-15)23-24(41)22(12-40)43-26(25(23)42)27-36-13(2)37-39(27)21-9-16(29)5-6-18(21)28(32,33)34/h1,5-11,22-26,40-42H,4,12H2,2H3/t22-,23+,24+,25-,26-/m1/s1. The molecule has 0 aliphatic carbocycles. The first kappa shape index (κ1) is 30.6. The van der Waals surface area contributed by atoms with E-state index in [1.165, 1.54) is 19.3 Å². The quantitative estimate of drug-likeness (QED) is 0.220. The van der Waals surface area contributed by atoms with E-state index in [0.29, 0.717) is 0 Å². The summed E-state index contributed by atoms with van der Waals surface area (Å²) in [7, 11) is 0. The second kappa shape index (κ2) is 11.7. The number of ether oxygens (including phenoxy) is 1. The third kappa shape index (κ3) is 5.74. The number of aromatic nitrogens is 5. The summed E-state index contributed by atoms with van der Waals surface area (Å²) in [5.41, 5.74) is -1.57. The molecule has 0 amide bonds. The molecule has 2 aromatic carbocycles. The fourth-order valence-corrected chi connectivity index (χ4v) is 5.20. The topological polar surface area (TPSA) is 118 Å². The fraction of sp³-hybridized carbons (Fsp3) is 0.321. The van der Waals surface area contributed by atoms with Crippen molar-refractivity contribution >= 4 is 11.6 Å². The Balaban J connectivity index is 1.56. The van der Waals surface area contributed by atoms with Gasteiger partial charge in [0, 0.05) is 28.8 Å². The Morgan fingerprint density at radius 3 is 2.42 bits per heavy atom. The van der Waals surface area contributed by atoms with Crippen molar-refractivity contribution < 1.29 is 42.0 Å². The average Bonchev–Trinajstić information content (AvgIpc) is 3.57. The molecule has 43 heavy (non-hydrogen) atoms. The van der Waals surface area contributed by atoms with Crippen LogP contribution in [0.25, 0.3) is 16.8 Å². The Labute approximate surface area is 246 Å². The minimum atomic E-state index is -4.81. The summed E-state index contributed by atoms with van der Waals surface area (Å²) in [4.78, 5) is 4.20. The lowest BCUT2D eigenvalue weighted by atomic mass is 9.92. The monoisotopic (exact) mass is 623 g/mol. The van der Waals surface area contributed by atoms with Gasteiger partial charge in [-0.15, -0.1) is 12.3 Å². The minimum Gasteiger partial charge on any atom is -0.394 e. The molecular formula is C28H23ClF5N5O4. The van der Waals surface area contributed by atoms with Crippen LogP contribution in [0.1, 0.15) is 34.9 Å². The van der Waals surface area contributed by atoms with Crippen LogP contribution < -0.4 is 0 Å². The van der Waals surface area contributed by atoms with Crippen molar-refractivity contribution in [2.75, 3.05) is 6.61 Å². The highest BCUT2D eigenvalue weighted by Crippen LogP contribution is 2.41. The first-order valence-electron chi connectivity index (χ1n) is 12.7. The van der Waals surface area contributed by atoms with E-state index in [0.717, 1.165) is 39.7 Å². The number of aliphatic hydroxyl groups is 3. The van der Waals surface area contributed by atoms with Gasteiger partial charge in [-0.25, -0.2) is 18.4 Å². The van der Waals surface area contributed by atoms with Gasteiger partial charge in [-0.1, -0.05) is 11.6 Å². The number of terminal acetylenes is 1. The molecule has 5 rings (SSSR count). The van der Waals surface area contributed by atoms with Gasteiger partial charge < -0.3 is 20.1 Å². The number of hydrogen-bond donors (Lipinski definition) is 3. The summed E-state index contributed by atoms with van der Waals surface area (Å²) in [5, 5.41) is 40.6. The molecule has 3 heterocycles. The van der Waals surface area contributed by atoms with Gasteiger partial charge in [0.1, 0.15) is 47.9 Å². The maximum atomic E-state index is 14.5. The Kier molecular flexibility index (Phi) is 8.30. The molecule has 1 fully saturated rings. The summed E-state index contributed by atoms with van der Waals surface area (Å²) < 4.78 is 78.5. The smallest absolute Gasteiger partial charge is 0.394 e. The number of halogens is 6. The van der Waals surface area contributed by atoms with E-state index >= 15 is 0 Å². The molecule has 5 atom stereocenters. The van der Waals surface area contributed by atoms with Crippen LogP contribution in [0.4, 0.5) is 22.0 Å². The normalized spacial score (nSPS) is 22.5. The summed E-state index contributed by atoms with van der Waals surface area (Å²) >= 11 is 6.01. The highest BCUT2D eigenvalue weighted by Gasteiger charge is 2.48. The van der Waals surface area contributed by atoms with Crippen molar-refractivity contribution in [2.45, 2.75) is 50.0 Å². The molecular weight excluding hydrogens is 601 g/mol. The SMILES string of the molecule is C#CCc1c(F)cc(-c2cnn([C@H]3[C@@H](O)[C@@H](CO)O[C@@H](c4nc(C)nn4-c4cc(Cl)ccc4C(F)(F)F)[C@@H]3O)c2)cc1F. The van der Waals surface area contributed by atoms with Crippen molar-refractivity contribution in [2.24, 2.45) is 0 Å². The van der Waals surface area contributed by atoms with Gasteiger partial charge in [-0.3, -0.25) is 4.68 Å². The highest BCUT2D eigenvalue weighted by molar-refractivity contribution is 6.30. The van der Waals surface area contributed by atoms with Gasteiger partial charge in [0.25, 0.3) is 0 Å². The molecule has 15 heteroatoms. The molecule has 0 spiro atoms. The summed E-state index contributed by atoms with van der Waals surface area (Å²) in [6, 6.07) is 3.62. The largest absolute Gasteiger partial charge is 0.418 e. The predicted octanol–water partition coefficient (Wildman–Crippen LogP) is 3.96. The molecule has 1 aliphatic heterocycles. The number of aliphatic hydroxyl groups excluding tert-OH is 3. The first-order valence-corrected chi connectivity index (χ1v) is 13.1. The maximum Gasteiger partial charge on any atom is 0.418 e. The molecule has 0 saturated carbocycles. The van der Waals surface area contributed by atoms with Crippen molar-refractivity contribution in [3.8, 4) is 29.2 Å². The second-order valence-corrected chi connectivity index (χ2v) is 10.3. The predicted molar refractivity (Wildman–Crippen MR) is 142 cm³/mol. The van der Waals surface area contributed by atoms with Gasteiger partial charge in [-0.05, 0) is 42.8 Å². The molecule has 2 aromatic heterocycles. The Morgan fingerprint density at radius 2 is 1.79 bits per heavy atom. The lowest BCUT2D eigenvalue weighted by molar-refractivity contribution is -0.210. The zero-order chi connectivity index (χ0) is 31.2. The number of rotatable bonds is 6. The van der Waals surface area contributed by atoms with Crippen LogP contribution in [0.3, 0.4) is 0 Å². The second-order valence-electron chi connectivity index (χ2n) is 9.85. The number of hydrogen-bond acceptors (Lipinski definition) is 7. The van der Waals surface area contributed by atoms with E-state index in [4.69, 9.17) is 22.8 Å². The van der Waals surface area contributed by atoms with Crippen LogP contribution in [0, 0.1) is 30.9 Å². The summed E-state index contributed by atoms with van der Waals surface area (Å²) in [5.74, 6) is 0.191. The van der Waals surface area contributed by atoms with E-state index in [1.807, 2.05) is 0 Å². The van der Waals surface area contributed by atoms with Crippen molar-refractivity contribution in [1.29, 1.82) is 0 Å². The van der Waals surface area contributed by atoms with E-state index in [9.17, 15) is 37.3 Å². The average molecular weight is 624 g/mol. The first-order chi connectivity index (χ1) is 20.3. The summed E-state index contributed by atoms with van der Waals surface area (Å²) in [6.07, 6.45) is -3.53. The Hall–Kier alpha value is -3.87. The van der Waals surface area contributed by atoms with Gasteiger partial charge in [0.2, 0.25) is 0 Å². The van der Waals surface area contributed by atoms with Crippen molar-refractivity contribution in [1.82, 2.24) is 24.5 Å². The zero-order valence-electron chi connectivity index (χ0n) is 22.2. The number of benzene rings is 2. The Bertz CT molecular complexity index is 1680. The molecule has 0 bridgehead atoms. The minimum absolute atomic E-state index is 0.0285. The molecule has 226 valence electrons. The van der Waals surface area contributed by atoms with E-state index in [-0.39, 0.29) is 39.8 Å². The lowest BCUT2D eigenvalue weighted by Gasteiger charge is -2.42. The zero-order valence-corrected chi connectivity index (χ0v) is 22.9. The van der Waals surface area contributed by atoms with Crippen LogP contribution in [0.5, 0.6) is 0 Å². The maximum absolute atomic E-state index is 14.5. The fourth-order valence-electron chi connectivity index (χ4n) is 5.03. The number of alkyl halides is 3. The van der Waals surface area contributed by atoms with Gasteiger partial charge >= 0.3 is 6.18 Å². The van der Waals surface area contributed by atoms with Crippen LogP contribution in [-0.2, 0) is 17.3 Å². The molecule has 1 saturated heterocycles. The number of nitrogens with zero attached hydrogens (tertiary/aromatic N) is 5. The molecule has 3 N–H and O–H groups in total. The number of aryl methyl sites for hydroxylation is 1. The van der Waals surface area contributed by atoms with E-state index < -0.39 is 66.1 Å². The molecule has 1 aliphatic rings. The molecule has 4 aromatic rings. The molecule has 0 radical (unpaired) electrons. The van der Waals surface area contributed by atoms with Crippen LogP contribution >= 0.6 is 11.6 Å². The van der Waals surface area contributed by atoms with Crippen molar-refractivity contribution in [3.63, 3.8) is 0 Å². The molecule has 0 unspecified atom stereocenters.